The molecule has 0 bridgehead atoms. The van der Waals surface area contributed by atoms with Gasteiger partial charge in [0, 0.05) is 74.5 Å². The van der Waals surface area contributed by atoms with Crippen LogP contribution >= 0.6 is 0 Å². The van der Waals surface area contributed by atoms with Crippen molar-refractivity contribution in [3.8, 4) is 11.1 Å². The lowest BCUT2D eigenvalue weighted by Crippen LogP contribution is -2.44. The molecule has 0 spiro atoms. The van der Waals surface area contributed by atoms with Crippen molar-refractivity contribution in [2.45, 2.75) is 0 Å². The Kier molecular flexibility index (Phi) is 6.55. The Labute approximate surface area is 209 Å². The zero-order valence-electron chi connectivity index (χ0n) is 20.2. The van der Waals surface area contributed by atoms with E-state index >= 15 is 0 Å². The number of aromatic nitrogens is 3. The largest absolute Gasteiger partial charge is 0.355 e. The summed E-state index contributed by atoms with van der Waals surface area (Å²) in [5.74, 6) is 0.837. The second kappa shape index (κ2) is 10.1. The number of rotatable bonds is 5. The van der Waals surface area contributed by atoms with Gasteiger partial charge in [-0.05, 0) is 48.3 Å². The van der Waals surface area contributed by atoms with Crippen molar-refractivity contribution in [1.29, 1.82) is 0 Å². The second-order valence-corrected chi connectivity index (χ2v) is 8.82. The normalized spacial score (nSPS) is 14.0. The third-order valence-corrected chi connectivity index (χ3v) is 6.36. The zero-order valence-corrected chi connectivity index (χ0v) is 20.2. The van der Waals surface area contributed by atoms with Crippen LogP contribution in [0.2, 0.25) is 0 Å². The number of nitrogens with zero attached hydrogens (tertiary/aromatic N) is 5. The van der Waals surface area contributed by atoms with E-state index in [4.69, 9.17) is 0 Å². The minimum Gasteiger partial charge on any atom is -0.355 e. The first-order valence-corrected chi connectivity index (χ1v) is 11.8. The fourth-order valence-corrected chi connectivity index (χ4v) is 4.21. The molecule has 1 fully saturated rings. The van der Waals surface area contributed by atoms with Crippen molar-refractivity contribution in [3.63, 3.8) is 0 Å². The van der Waals surface area contributed by atoms with E-state index in [1.165, 1.54) is 6.20 Å². The van der Waals surface area contributed by atoms with Crippen LogP contribution in [0, 0.1) is 0 Å². The van der Waals surface area contributed by atoms with Crippen LogP contribution in [-0.2, 0) is 0 Å². The van der Waals surface area contributed by atoms with E-state index in [2.05, 4.69) is 42.4 Å². The van der Waals surface area contributed by atoms with Crippen LogP contribution in [0.15, 0.2) is 67.3 Å². The molecule has 9 heteroatoms. The molecule has 4 aromatic rings. The topological polar surface area (TPSA) is 103 Å². The summed E-state index contributed by atoms with van der Waals surface area (Å²) in [4.78, 5) is 42.5. The lowest BCUT2D eigenvalue weighted by molar-refractivity contribution is 0.0961. The molecule has 1 aromatic carbocycles. The molecule has 0 saturated carbocycles. The number of fused-ring (bicyclic) bond motifs is 1. The van der Waals surface area contributed by atoms with Crippen LogP contribution in [0.1, 0.15) is 20.7 Å². The Balaban J connectivity index is 1.36. The first kappa shape index (κ1) is 23.4. The van der Waals surface area contributed by atoms with Gasteiger partial charge in [-0.3, -0.25) is 14.6 Å². The van der Waals surface area contributed by atoms with Crippen molar-refractivity contribution >= 4 is 34.2 Å². The monoisotopic (exact) mass is 481 g/mol. The molecular weight excluding hydrogens is 454 g/mol. The highest BCUT2D eigenvalue weighted by atomic mass is 16.2. The predicted octanol–water partition coefficient (Wildman–Crippen LogP) is 3.06. The lowest BCUT2D eigenvalue weighted by Gasteiger charge is -2.33. The van der Waals surface area contributed by atoms with Gasteiger partial charge in [-0.25, -0.2) is 9.97 Å². The number of piperazine rings is 1. The molecule has 1 aliphatic heterocycles. The lowest BCUT2D eigenvalue weighted by atomic mass is 10.0. The van der Waals surface area contributed by atoms with E-state index in [1.807, 2.05) is 30.3 Å². The third kappa shape index (κ3) is 5.01. The summed E-state index contributed by atoms with van der Waals surface area (Å²) in [5.41, 5.74) is 2.77. The average molecular weight is 482 g/mol. The van der Waals surface area contributed by atoms with Crippen LogP contribution in [-0.4, -0.2) is 71.9 Å². The van der Waals surface area contributed by atoms with Crippen molar-refractivity contribution in [2.75, 3.05) is 50.5 Å². The highest BCUT2D eigenvalue weighted by molar-refractivity contribution is 6.05. The number of hydrogen-bond acceptors (Lipinski definition) is 7. The molecule has 5 rings (SSSR count). The minimum absolute atomic E-state index is 0.189. The SMILES string of the molecule is CNC(=O)c1cncc(-c2ccc3cnc(NC(=O)c4ccnc(N5CCN(C)CC5)c4)cc3c2)c1. The highest BCUT2D eigenvalue weighted by Gasteiger charge is 2.17. The molecular formula is C27H27N7O2. The van der Waals surface area contributed by atoms with Crippen molar-refractivity contribution in [1.82, 2.24) is 25.2 Å². The smallest absolute Gasteiger partial charge is 0.257 e. The molecule has 1 saturated heterocycles. The molecule has 2 amide bonds. The van der Waals surface area contributed by atoms with Gasteiger partial charge in [-0.15, -0.1) is 0 Å². The van der Waals surface area contributed by atoms with Crippen LogP contribution in [0.3, 0.4) is 0 Å². The van der Waals surface area contributed by atoms with Gasteiger partial charge in [-0.2, -0.15) is 0 Å². The van der Waals surface area contributed by atoms with Gasteiger partial charge in [0.15, 0.2) is 0 Å². The predicted molar refractivity (Wildman–Crippen MR) is 140 cm³/mol. The fourth-order valence-electron chi connectivity index (χ4n) is 4.21. The van der Waals surface area contributed by atoms with E-state index < -0.39 is 0 Å². The van der Waals surface area contributed by atoms with Crippen LogP contribution in [0.4, 0.5) is 11.6 Å². The van der Waals surface area contributed by atoms with Crippen LogP contribution < -0.4 is 15.5 Å². The number of benzene rings is 1. The van der Waals surface area contributed by atoms with Gasteiger partial charge in [0.1, 0.15) is 11.6 Å². The van der Waals surface area contributed by atoms with Crippen molar-refractivity contribution in [3.05, 3.63) is 78.4 Å². The quantitative estimate of drug-likeness (QED) is 0.452. The number of pyridine rings is 3. The highest BCUT2D eigenvalue weighted by Crippen LogP contribution is 2.26. The Morgan fingerprint density at radius 3 is 2.44 bits per heavy atom. The average Bonchev–Trinajstić information content (AvgIpc) is 2.92. The standard InChI is InChI=1S/C27H27N7O2/c1-28-26(35)23-12-22(15-29-16-23)18-3-4-20-17-31-24(13-21(20)11-18)32-27(36)19-5-6-30-25(14-19)34-9-7-33(2)8-10-34/h3-6,11-17H,7-10H2,1-2H3,(H,28,35)(H,31,32,36). The van der Waals surface area contributed by atoms with Crippen LogP contribution in [0.25, 0.3) is 21.9 Å². The molecule has 0 radical (unpaired) electrons. The Bertz CT molecular complexity index is 1430. The van der Waals surface area contributed by atoms with Gasteiger partial charge in [-0.1, -0.05) is 12.1 Å². The molecule has 36 heavy (non-hydrogen) atoms. The van der Waals surface area contributed by atoms with E-state index in [-0.39, 0.29) is 11.8 Å². The molecule has 4 heterocycles. The van der Waals surface area contributed by atoms with E-state index in [1.54, 1.807) is 37.8 Å². The maximum atomic E-state index is 13.0. The molecule has 0 atom stereocenters. The maximum absolute atomic E-state index is 13.0. The Morgan fingerprint density at radius 2 is 1.64 bits per heavy atom. The second-order valence-electron chi connectivity index (χ2n) is 8.82. The number of carbonyl (C=O) groups excluding carboxylic acids is 2. The first-order valence-electron chi connectivity index (χ1n) is 11.8. The summed E-state index contributed by atoms with van der Waals surface area (Å²) >= 11 is 0. The minimum atomic E-state index is -0.238. The molecule has 2 N–H and O–H groups in total. The summed E-state index contributed by atoms with van der Waals surface area (Å²) in [6.45, 7) is 3.69. The first-order chi connectivity index (χ1) is 17.5. The fraction of sp³-hybridized carbons (Fsp3) is 0.222. The third-order valence-electron chi connectivity index (χ3n) is 6.36. The van der Waals surface area contributed by atoms with Gasteiger partial charge in [0.05, 0.1) is 5.56 Å². The number of anilines is 2. The van der Waals surface area contributed by atoms with Crippen molar-refractivity contribution in [2.24, 2.45) is 0 Å². The van der Waals surface area contributed by atoms with E-state index in [0.29, 0.717) is 16.9 Å². The van der Waals surface area contributed by atoms with E-state index in [0.717, 1.165) is 53.9 Å². The summed E-state index contributed by atoms with van der Waals surface area (Å²) < 4.78 is 0. The summed E-state index contributed by atoms with van der Waals surface area (Å²) in [5, 5.41) is 7.38. The molecule has 0 unspecified atom stereocenters. The Morgan fingerprint density at radius 1 is 0.806 bits per heavy atom. The Hall–Kier alpha value is -4.37. The molecule has 3 aromatic heterocycles. The molecule has 9 nitrogen and oxygen atoms in total. The molecule has 0 aliphatic carbocycles. The van der Waals surface area contributed by atoms with Gasteiger partial charge in [0.25, 0.3) is 11.8 Å². The zero-order chi connectivity index (χ0) is 25.1. The molecule has 1 aliphatic rings. The van der Waals surface area contributed by atoms with Gasteiger partial charge in [0.2, 0.25) is 0 Å². The summed E-state index contributed by atoms with van der Waals surface area (Å²) in [7, 11) is 3.69. The number of carbonyl (C=O) groups is 2. The van der Waals surface area contributed by atoms with Gasteiger partial charge < -0.3 is 20.4 Å². The number of amides is 2. The number of likely N-dealkylation sites (N-methyl/N-ethyl adjacent to an activating group) is 1. The number of nitrogens with one attached hydrogen (secondary N) is 2. The summed E-state index contributed by atoms with van der Waals surface area (Å²) in [6.07, 6.45) is 6.66. The number of hydrogen-bond donors (Lipinski definition) is 2. The van der Waals surface area contributed by atoms with Gasteiger partial charge >= 0.3 is 0 Å². The van der Waals surface area contributed by atoms with E-state index in [9.17, 15) is 9.59 Å². The van der Waals surface area contributed by atoms with Crippen LogP contribution in [0.5, 0.6) is 0 Å². The maximum Gasteiger partial charge on any atom is 0.257 e. The summed E-state index contributed by atoms with van der Waals surface area (Å²) in [6, 6.07) is 13.1. The molecule has 182 valence electrons. The van der Waals surface area contributed by atoms with Crippen molar-refractivity contribution < 1.29 is 9.59 Å².